The third-order valence-electron chi connectivity index (χ3n) is 7.96. The lowest BCUT2D eigenvalue weighted by molar-refractivity contribution is -0.143. The van der Waals surface area contributed by atoms with Gasteiger partial charge >= 0.3 is 12.1 Å². The summed E-state index contributed by atoms with van der Waals surface area (Å²) in [6.45, 7) is 7.41. The van der Waals surface area contributed by atoms with Gasteiger partial charge < -0.3 is 20.1 Å². The van der Waals surface area contributed by atoms with E-state index in [2.05, 4.69) is 14.8 Å². The van der Waals surface area contributed by atoms with E-state index in [1.165, 1.54) is 0 Å². The van der Waals surface area contributed by atoms with Gasteiger partial charge in [0.25, 0.3) is 5.91 Å². The molecule has 2 N–H and O–H groups in total. The van der Waals surface area contributed by atoms with Crippen molar-refractivity contribution in [3.8, 4) is 0 Å². The number of nitrogens with two attached hydrogens (primary N) is 1. The van der Waals surface area contributed by atoms with Crippen molar-refractivity contribution in [2.24, 2.45) is 10.7 Å². The molecule has 2 fully saturated rings. The number of amides is 2. The van der Waals surface area contributed by atoms with Gasteiger partial charge in [-0.25, -0.2) is 4.79 Å². The molecular weight excluding hydrogens is 558 g/mol. The van der Waals surface area contributed by atoms with Crippen molar-refractivity contribution in [3.05, 3.63) is 102 Å². The van der Waals surface area contributed by atoms with E-state index in [0.717, 1.165) is 37.3 Å². The Labute approximate surface area is 258 Å². The highest BCUT2D eigenvalue weighted by atomic mass is 16.6. The van der Waals surface area contributed by atoms with Gasteiger partial charge in [-0.2, -0.15) is 4.99 Å². The van der Waals surface area contributed by atoms with Crippen LogP contribution >= 0.6 is 0 Å². The molecule has 0 bridgehead atoms. The average molecular weight is 598 g/mol. The second-order valence-electron chi connectivity index (χ2n) is 11.0. The van der Waals surface area contributed by atoms with Gasteiger partial charge in [0.2, 0.25) is 0 Å². The van der Waals surface area contributed by atoms with E-state index in [4.69, 9.17) is 15.2 Å². The summed E-state index contributed by atoms with van der Waals surface area (Å²) in [6.07, 6.45) is -0.232. The standard InChI is InChI=1S/C34H39N5O5/c1-2-43-30(40)17-18-37-19-21-38(22-20-37)23-29-24-39(34(42)44-29)28-15-13-27(14-16-28)32(35)36-33(41)31(25-9-5-3-6-10-25)26-11-7-4-8-12-26/h3-16,29,31H,2,17-24H2,1H3,(H2,35,36,41). The number of aliphatic imine (C=N–C) groups is 1. The molecule has 0 aromatic heterocycles. The minimum absolute atomic E-state index is 0.113. The van der Waals surface area contributed by atoms with Crippen molar-refractivity contribution in [2.75, 3.05) is 57.3 Å². The summed E-state index contributed by atoms with van der Waals surface area (Å²) in [5.41, 5.74) is 9.26. The Hall–Kier alpha value is -4.54. The molecule has 10 nitrogen and oxygen atoms in total. The number of anilines is 1. The summed E-state index contributed by atoms with van der Waals surface area (Å²) in [5, 5.41) is 0. The van der Waals surface area contributed by atoms with Gasteiger partial charge in [-0.1, -0.05) is 60.7 Å². The maximum absolute atomic E-state index is 13.4. The summed E-state index contributed by atoms with van der Waals surface area (Å²) in [6, 6.07) is 26.2. The molecule has 3 aromatic carbocycles. The second-order valence-corrected chi connectivity index (χ2v) is 11.0. The largest absolute Gasteiger partial charge is 0.466 e. The maximum Gasteiger partial charge on any atom is 0.414 e. The minimum atomic E-state index is -0.570. The Kier molecular flexibility index (Phi) is 10.4. The fraction of sp³-hybridized carbons (Fsp3) is 0.353. The van der Waals surface area contributed by atoms with Gasteiger partial charge in [0, 0.05) is 50.5 Å². The number of ether oxygens (including phenoxy) is 2. The van der Waals surface area contributed by atoms with Gasteiger partial charge in [-0.05, 0) is 42.3 Å². The van der Waals surface area contributed by atoms with Gasteiger partial charge in [-0.15, -0.1) is 0 Å². The molecule has 0 saturated carbocycles. The number of esters is 1. The van der Waals surface area contributed by atoms with E-state index in [-0.39, 0.29) is 29.9 Å². The number of piperazine rings is 1. The topological polar surface area (TPSA) is 118 Å². The third kappa shape index (κ3) is 7.89. The zero-order valence-corrected chi connectivity index (χ0v) is 25.0. The fourth-order valence-corrected chi connectivity index (χ4v) is 5.62. The van der Waals surface area contributed by atoms with Crippen molar-refractivity contribution >= 4 is 29.5 Å². The molecule has 0 spiro atoms. The first-order valence-electron chi connectivity index (χ1n) is 15.1. The summed E-state index contributed by atoms with van der Waals surface area (Å²) in [4.78, 5) is 48.2. The van der Waals surface area contributed by atoms with Crippen molar-refractivity contribution in [2.45, 2.75) is 25.4 Å². The first-order valence-corrected chi connectivity index (χ1v) is 15.1. The van der Waals surface area contributed by atoms with E-state index < -0.39 is 5.92 Å². The summed E-state index contributed by atoms with van der Waals surface area (Å²) in [7, 11) is 0. The van der Waals surface area contributed by atoms with Crippen LogP contribution in [0.25, 0.3) is 0 Å². The fourth-order valence-electron chi connectivity index (χ4n) is 5.62. The molecule has 1 unspecified atom stereocenters. The minimum Gasteiger partial charge on any atom is -0.466 e. The first-order chi connectivity index (χ1) is 21.4. The predicted molar refractivity (Wildman–Crippen MR) is 169 cm³/mol. The van der Waals surface area contributed by atoms with Crippen LogP contribution < -0.4 is 10.6 Å². The monoisotopic (exact) mass is 597 g/mol. The molecule has 3 aromatic rings. The molecule has 2 heterocycles. The van der Waals surface area contributed by atoms with E-state index in [1.807, 2.05) is 67.6 Å². The van der Waals surface area contributed by atoms with E-state index in [0.29, 0.717) is 43.9 Å². The van der Waals surface area contributed by atoms with Crippen molar-refractivity contribution in [1.29, 1.82) is 0 Å². The number of amidine groups is 1. The van der Waals surface area contributed by atoms with E-state index >= 15 is 0 Å². The molecule has 2 amide bonds. The Morgan fingerprint density at radius 3 is 2.09 bits per heavy atom. The van der Waals surface area contributed by atoms with Crippen LogP contribution in [0.2, 0.25) is 0 Å². The SMILES string of the molecule is CCOC(=O)CCN1CCN(CC2CN(c3ccc(C(N)=NC(=O)C(c4ccccc4)c4ccccc4)cc3)C(=O)O2)CC1. The molecule has 5 rings (SSSR count). The van der Waals surface area contributed by atoms with E-state index in [9.17, 15) is 14.4 Å². The Balaban J connectivity index is 1.16. The van der Waals surface area contributed by atoms with Crippen LogP contribution in [0.5, 0.6) is 0 Å². The lowest BCUT2D eigenvalue weighted by Crippen LogP contribution is -2.49. The summed E-state index contributed by atoms with van der Waals surface area (Å²) < 4.78 is 10.7. The third-order valence-corrected chi connectivity index (χ3v) is 7.96. The normalized spacial score (nSPS) is 18.0. The number of cyclic esters (lactones) is 1. The predicted octanol–water partition coefficient (Wildman–Crippen LogP) is 3.65. The Morgan fingerprint density at radius 2 is 1.50 bits per heavy atom. The number of carbonyl (C=O) groups excluding carboxylic acids is 3. The molecule has 2 aliphatic rings. The molecule has 0 aliphatic carbocycles. The number of rotatable bonds is 11. The molecule has 1 atom stereocenters. The van der Waals surface area contributed by atoms with E-state index in [1.54, 1.807) is 29.2 Å². The second kappa shape index (κ2) is 14.8. The lowest BCUT2D eigenvalue weighted by atomic mass is 9.90. The van der Waals surface area contributed by atoms with Crippen LogP contribution in [0.1, 0.15) is 36.0 Å². The zero-order chi connectivity index (χ0) is 30.9. The Bertz CT molecular complexity index is 1400. The van der Waals surface area contributed by atoms with Gasteiger partial charge in [-0.3, -0.25) is 19.4 Å². The van der Waals surface area contributed by atoms with Crippen LogP contribution in [0, 0.1) is 0 Å². The molecule has 2 saturated heterocycles. The molecule has 0 radical (unpaired) electrons. The highest BCUT2D eigenvalue weighted by Crippen LogP contribution is 2.27. The van der Waals surface area contributed by atoms with Crippen LogP contribution in [-0.4, -0.2) is 92.1 Å². The van der Waals surface area contributed by atoms with Crippen LogP contribution in [0.3, 0.4) is 0 Å². The first kappa shape index (κ1) is 30.9. The summed E-state index contributed by atoms with van der Waals surface area (Å²) >= 11 is 0. The number of hydrogen-bond donors (Lipinski definition) is 1. The average Bonchev–Trinajstić information content (AvgIpc) is 3.41. The van der Waals surface area contributed by atoms with Gasteiger partial charge in [0.05, 0.1) is 25.5 Å². The van der Waals surface area contributed by atoms with Crippen LogP contribution in [0.15, 0.2) is 89.9 Å². The van der Waals surface area contributed by atoms with Crippen molar-refractivity contribution in [3.63, 3.8) is 0 Å². The van der Waals surface area contributed by atoms with Gasteiger partial charge in [0.1, 0.15) is 11.9 Å². The quantitative estimate of drug-likeness (QED) is 0.202. The number of benzene rings is 3. The summed E-state index contributed by atoms with van der Waals surface area (Å²) in [5.74, 6) is -0.973. The molecule has 2 aliphatic heterocycles. The number of nitrogens with zero attached hydrogens (tertiary/aromatic N) is 4. The van der Waals surface area contributed by atoms with Crippen molar-refractivity contribution in [1.82, 2.24) is 9.80 Å². The number of carbonyl (C=O) groups is 3. The van der Waals surface area contributed by atoms with Crippen LogP contribution in [0.4, 0.5) is 10.5 Å². The smallest absolute Gasteiger partial charge is 0.414 e. The maximum atomic E-state index is 13.4. The molecule has 230 valence electrons. The number of hydrogen-bond acceptors (Lipinski definition) is 7. The Morgan fingerprint density at radius 1 is 0.909 bits per heavy atom. The molecule has 44 heavy (non-hydrogen) atoms. The van der Waals surface area contributed by atoms with Crippen LogP contribution in [-0.2, 0) is 19.1 Å². The molecular formula is C34H39N5O5. The highest BCUT2D eigenvalue weighted by Gasteiger charge is 2.34. The highest BCUT2D eigenvalue weighted by molar-refractivity contribution is 6.06. The molecule has 10 heteroatoms. The lowest BCUT2D eigenvalue weighted by Gasteiger charge is -2.35. The zero-order valence-electron chi connectivity index (χ0n) is 25.0. The van der Waals surface area contributed by atoms with Crippen molar-refractivity contribution < 1.29 is 23.9 Å². The van der Waals surface area contributed by atoms with Gasteiger partial charge in [0.15, 0.2) is 0 Å².